The molecular formula is C20H19NO4S2. The number of aromatic nitrogens is 1. The zero-order valence-electron chi connectivity index (χ0n) is 15.2. The molecule has 0 aliphatic carbocycles. The van der Waals surface area contributed by atoms with E-state index in [2.05, 4.69) is 4.98 Å². The molecule has 0 radical (unpaired) electrons. The Hall–Kier alpha value is -2.51. The lowest BCUT2D eigenvalue weighted by Crippen LogP contribution is -2.06. The van der Waals surface area contributed by atoms with E-state index in [1.165, 1.54) is 20.5 Å². The average molecular weight is 402 g/mol. The summed E-state index contributed by atoms with van der Waals surface area (Å²) in [6.45, 7) is 0. The highest BCUT2D eigenvalue weighted by Crippen LogP contribution is 2.34. The molecule has 7 heteroatoms. The third-order valence-electron chi connectivity index (χ3n) is 3.88. The van der Waals surface area contributed by atoms with E-state index < -0.39 is 5.97 Å². The molecular weight excluding hydrogens is 382 g/mol. The number of thiazole rings is 1. The van der Waals surface area contributed by atoms with Crippen molar-refractivity contribution in [3.05, 3.63) is 59.9 Å². The second kappa shape index (κ2) is 8.92. The molecule has 3 aromatic rings. The summed E-state index contributed by atoms with van der Waals surface area (Å²) in [5.41, 5.74) is 3.14. The van der Waals surface area contributed by atoms with Crippen molar-refractivity contribution in [3.63, 3.8) is 0 Å². The number of benzene rings is 2. The second-order valence-electron chi connectivity index (χ2n) is 5.52. The molecule has 0 fully saturated rings. The largest absolute Gasteiger partial charge is 0.503 e. The smallest absolute Gasteiger partial charge is 0.341 e. The van der Waals surface area contributed by atoms with Crippen LogP contribution in [-0.4, -0.2) is 32.3 Å². The molecule has 1 heterocycles. The highest BCUT2D eigenvalue weighted by molar-refractivity contribution is 8.00. The third-order valence-corrected chi connectivity index (χ3v) is 6.09. The summed E-state index contributed by atoms with van der Waals surface area (Å²) in [5.74, 6) is 1.06. The molecule has 0 atom stereocenters. The fourth-order valence-electron chi connectivity index (χ4n) is 2.57. The Labute approximate surface area is 166 Å². The Morgan fingerprint density at radius 3 is 2.74 bits per heavy atom. The molecule has 3 rings (SSSR count). The summed E-state index contributed by atoms with van der Waals surface area (Å²) >= 11 is 3.25. The third kappa shape index (κ3) is 4.43. The number of carbonyl (C=O) groups is 1. The lowest BCUT2D eigenvalue weighted by molar-refractivity contribution is -0.133. The van der Waals surface area contributed by atoms with Crippen molar-refractivity contribution in [3.8, 4) is 5.75 Å². The highest BCUT2D eigenvalue weighted by atomic mass is 32.2. The van der Waals surface area contributed by atoms with E-state index in [-0.39, 0.29) is 0 Å². The molecule has 0 saturated heterocycles. The van der Waals surface area contributed by atoms with Gasteiger partial charge in [-0.3, -0.25) is 0 Å². The predicted molar refractivity (Wildman–Crippen MR) is 109 cm³/mol. The van der Waals surface area contributed by atoms with E-state index in [0.29, 0.717) is 11.3 Å². The van der Waals surface area contributed by atoms with E-state index in [1.54, 1.807) is 30.2 Å². The van der Waals surface area contributed by atoms with Gasteiger partial charge >= 0.3 is 5.97 Å². The summed E-state index contributed by atoms with van der Waals surface area (Å²) in [6, 6.07) is 13.6. The molecule has 0 unspecified atom stereocenters. The van der Waals surface area contributed by atoms with Gasteiger partial charge in [-0.05, 0) is 29.3 Å². The Morgan fingerprint density at radius 1 is 1.19 bits per heavy atom. The minimum atomic E-state index is -0.429. The Bertz CT molecular complexity index is 981. The highest BCUT2D eigenvalue weighted by Gasteiger charge is 2.17. The van der Waals surface area contributed by atoms with Crippen molar-refractivity contribution in [2.24, 2.45) is 0 Å². The van der Waals surface area contributed by atoms with Crippen LogP contribution in [0.2, 0.25) is 0 Å². The normalized spacial score (nSPS) is 11.4. The van der Waals surface area contributed by atoms with Gasteiger partial charge in [0.15, 0.2) is 4.34 Å². The number of methoxy groups -OCH3 is 3. The first-order valence-electron chi connectivity index (χ1n) is 8.13. The molecule has 5 nitrogen and oxygen atoms in total. The maximum absolute atomic E-state index is 12.1. The molecule has 0 N–H and O–H groups in total. The van der Waals surface area contributed by atoms with Gasteiger partial charge in [0.1, 0.15) is 11.3 Å². The fraction of sp³-hybridized carbons (Fsp3) is 0.200. The number of ether oxygens (including phenoxy) is 3. The first-order valence-corrected chi connectivity index (χ1v) is 9.93. The molecule has 27 heavy (non-hydrogen) atoms. The van der Waals surface area contributed by atoms with E-state index >= 15 is 0 Å². The number of esters is 1. The van der Waals surface area contributed by atoms with E-state index in [4.69, 9.17) is 14.2 Å². The van der Waals surface area contributed by atoms with Gasteiger partial charge < -0.3 is 14.2 Å². The zero-order chi connectivity index (χ0) is 19.2. The Balaban J connectivity index is 1.84. The van der Waals surface area contributed by atoms with Crippen LogP contribution in [-0.2, 0) is 20.0 Å². The van der Waals surface area contributed by atoms with Gasteiger partial charge in [-0.25, -0.2) is 9.78 Å². The predicted octanol–water partition coefficient (Wildman–Crippen LogP) is 4.76. The van der Waals surface area contributed by atoms with Crippen LogP contribution < -0.4 is 4.74 Å². The SMILES string of the molecule is CO/C=C(/C(=O)OC)c1ccccc1CSc1nc2ccc(OC)cc2s1. The number of thioether (sulfide) groups is 1. The van der Waals surface area contributed by atoms with Crippen LogP contribution in [0.3, 0.4) is 0 Å². The number of fused-ring (bicyclic) bond motifs is 1. The maximum atomic E-state index is 12.1. The molecule has 1 aromatic heterocycles. The number of rotatable bonds is 7. The Morgan fingerprint density at radius 2 is 2.00 bits per heavy atom. The summed E-state index contributed by atoms with van der Waals surface area (Å²) in [7, 11) is 4.52. The Kier molecular flexibility index (Phi) is 6.36. The summed E-state index contributed by atoms with van der Waals surface area (Å²) in [4.78, 5) is 16.8. The van der Waals surface area contributed by atoms with Crippen LogP contribution in [0, 0.1) is 0 Å². The lowest BCUT2D eigenvalue weighted by atomic mass is 10.0. The first kappa shape index (κ1) is 19.3. The van der Waals surface area contributed by atoms with E-state index in [9.17, 15) is 4.79 Å². The number of hydrogen-bond acceptors (Lipinski definition) is 7. The summed E-state index contributed by atoms with van der Waals surface area (Å²) in [6.07, 6.45) is 1.42. The van der Waals surface area contributed by atoms with Crippen LogP contribution in [0.4, 0.5) is 0 Å². The average Bonchev–Trinajstić information content (AvgIpc) is 3.12. The summed E-state index contributed by atoms with van der Waals surface area (Å²) < 4.78 is 17.3. The van der Waals surface area contributed by atoms with Gasteiger partial charge in [-0.1, -0.05) is 36.0 Å². The van der Waals surface area contributed by atoms with Crippen LogP contribution in [0.15, 0.2) is 53.1 Å². The molecule has 0 saturated carbocycles. The monoisotopic (exact) mass is 401 g/mol. The van der Waals surface area contributed by atoms with Crippen LogP contribution in [0.25, 0.3) is 15.8 Å². The second-order valence-corrected chi connectivity index (χ2v) is 7.77. The van der Waals surface area contributed by atoms with Crippen molar-refractivity contribution in [1.82, 2.24) is 4.98 Å². The molecule has 2 aromatic carbocycles. The minimum Gasteiger partial charge on any atom is -0.503 e. The fourth-order valence-corrected chi connectivity index (χ4v) is 4.67. The van der Waals surface area contributed by atoms with Crippen molar-refractivity contribution in [1.29, 1.82) is 0 Å². The lowest BCUT2D eigenvalue weighted by Gasteiger charge is -2.10. The molecule has 0 aliphatic heterocycles. The minimum absolute atomic E-state index is 0.394. The van der Waals surface area contributed by atoms with Gasteiger partial charge in [0.25, 0.3) is 0 Å². The maximum Gasteiger partial charge on any atom is 0.341 e. The van der Waals surface area contributed by atoms with Crippen LogP contribution in [0.5, 0.6) is 5.75 Å². The van der Waals surface area contributed by atoms with Gasteiger partial charge in [0.05, 0.1) is 37.8 Å². The van der Waals surface area contributed by atoms with E-state index in [0.717, 1.165) is 31.4 Å². The molecule has 140 valence electrons. The molecule has 0 spiro atoms. The van der Waals surface area contributed by atoms with Gasteiger partial charge in [0, 0.05) is 5.75 Å². The van der Waals surface area contributed by atoms with Crippen molar-refractivity contribution in [2.45, 2.75) is 10.1 Å². The quantitative estimate of drug-likeness (QED) is 0.246. The number of hydrogen-bond donors (Lipinski definition) is 0. The number of nitrogens with zero attached hydrogens (tertiary/aromatic N) is 1. The van der Waals surface area contributed by atoms with E-state index in [1.807, 2.05) is 42.5 Å². The number of carbonyl (C=O) groups excluding carboxylic acids is 1. The van der Waals surface area contributed by atoms with Crippen molar-refractivity contribution < 1.29 is 19.0 Å². The van der Waals surface area contributed by atoms with Crippen molar-refractivity contribution in [2.75, 3.05) is 21.3 Å². The summed E-state index contributed by atoms with van der Waals surface area (Å²) in [5, 5.41) is 0. The first-order chi connectivity index (χ1) is 13.2. The standard InChI is InChI=1S/C20H19NO4S2/c1-23-11-16(19(22)25-3)15-7-5-4-6-13(15)12-26-20-21-17-9-8-14(24-2)10-18(17)27-20/h4-11H,12H2,1-3H3/b16-11+. The van der Waals surface area contributed by atoms with Crippen LogP contribution in [0.1, 0.15) is 11.1 Å². The van der Waals surface area contributed by atoms with Gasteiger partial charge in [-0.2, -0.15) is 0 Å². The molecule has 0 bridgehead atoms. The van der Waals surface area contributed by atoms with Gasteiger partial charge in [0.2, 0.25) is 0 Å². The zero-order valence-corrected chi connectivity index (χ0v) is 16.9. The molecule has 0 amide bonds. The van der Waals surface area contributed by atoms with Crippen LogP contribution >= 0.6 is 23.1 Å². The topological polar surface area (TPSA) is 57.7 Å². The van der Waals surface area contributed by atoms with Crippen molar-refractivity contribution >= 4 is 44.9 Å². The molecule has 0 aliphatic rings. The van der Waals surface area contributed by atoms with Gasteiger partial charge in [-0.15, -0.1) is 11.3 Å².